The second-order valence-electron chi connectivity index (χ2n) is 9.53. The van der Waals surface area contributed by atoms with Gasteiger partial charge in [0.2, 0.25) is 5.91 Å². The fraction of sp³-hybridized carbons (Fsp3) is 0.414. The van der Waals surface area contributed by atoms with Crippen LogP contribution in [0, 0.1) is 0 Å². The van der Waals surface area contributed by atoms with Crippen molar-refractivity contribution in [3.8, 4) is 0 Å². The molecule has 2 aliphatic heterocycles. The Bertz CT molecular complexity index is 1130. The summed E-state index contributed by atoms with van der Waals surface area (Å²) >= 11 is 0. The van der Waals surface area contributed by atoms with Crippen LogP contribution in [0.15, 0.2) is 65.9 Å². The van der Waals surface area contributed by atoms with E-state index in [4.69, 9.17) is 9.47 Å². The van der Waals surface area contributed by atoms with Crippen molar-refractivity contribution in [2.24, 2.45) is 0 Å². The molecular formula is C29H34N2O5. The number of rotatable bonds is 6. The summed E-state index contributed by atoms with van der Waals surface area (Å²) in [6.07, 6.45) is 0.203. The average Bonchev–Trinajstić information content (AvgIpc) is 2.86. The highest BCUT2D eigenvalue weighted by Crippen LogP contribution is 2.37. The van der Waals surface area contributed by atoms with Gasteiger partial charge in [0.05, 0.1) is 30.9 Å². The van der Waals surface area contributed by atoms with Crippen LogP contribution in [0.5, 0.6) is 0 Å². The van der Waals surface area contributed by atoms with Gasteiger partial charge in [0.25, 0.3) is 5.91 Å². The first-order valence-electron chi connectivity index (χ1n) is 12.5. The van der Waals surface area contributed by atoms with Gasteiger partial charge in [0.1, 0.15) is 0 Å². The number of amides is 2. The number of esters is 1. The molecule has 7 heteroatoms. The lowest BCUT2D eigenvalue weighted by Gasteiger charge is -2.35. The monoisotopic (exact) mass is 490 g/mol. The maximum absolute atomic E-state index is 13.2. The topological polar surface area (TPSA) is 76.2 Å². The lowest BCUT2D eigenvalue weighted by atomic mass is 9.83. The van der Waals surface area contributed by atoms with Crippen molar-refractivity contribution in [1.29, 1.82) is 0 Å². The van der Waals surface area contributed by atoms with E-state index in [-0.39, 0.29) is 43.0 Å². The summed E-state index contributed by atoms with van der Waals surface area (Å²) in [6, 6.07) is 16.9. The van der Waals surface area contributed by atoms with Crippen LogP contribution in [-0.2, 0) is 25.6 Å². The first-order valence-corrected chi connectivity index (χ1v) is 12.5. The normalized spacial score (nSPS) is 22.6. The minimum absolute atomic E-state index is 0.00477. The molecule has 4 rings (SSSR count). The van der Waals surface area contributed by atoms with Gasteiger partial charge in [0.15, 0.2) is 0 Å². The Hall–Kier alpha value is -3.45. The van der Waals surface area contributed by atoms with Gasteiger partial charge < -0.3 is 19.3 Å². The second-order valence-corrected chi connectivity index (χ2v) is 9.53. The fourth-order valence-corrected chi connectivity index (χ4v) is 5.11. The second kappa shape index (κ2) is 11.1. The Morgan fingerprint density at radius 1 is 1.00 bits per heavy atom. The average molecular weight is 491 g/mol. The molecule has 3 unspecified atom stereocenters. The van der Waals surface area contributed by atoms with E-state index in [0.29, 0.717) is 36.5 Å². The number of benzene rings is 2. The maximum atomic E-state index is 13.2. The molecule has 2 aliphatic rings. The number of morpholine rings is 1. The Labute approximate surface area is 212 Å². The van der Waals surface area contributed by atoms with Crippen LogP contribution in [-0.4, -0.2) is 59.5 Å². The zero-order chi connectivity index (χ0) is 25.8. The number of carbonyl (C=O) groups excluding carboxylic acids is 3. The van der Waals surface area contributed by atoms with Crippen molar-refractivity contribution in [2.45, 2.75) is 58.8 Å². The highest BCUT2D eigenvalue weighted by Gasteiger charge is 2.37. The Kier molecular flexibility index (Phi) is 7.89. The molecule has 0 spiro atoms. The van der Waals surface area contributed by atoms with Crippen LogP contribution >= 0.6 is 0 Å². The van der Waals surface area contributed by atoms with E-state index < -0.39 is 5.97 Å². The van der Waals surface area contributed by atoms with E-state index in [1.807, 2.05) is 61.2 Å². The highest BCUT2D eigenvalue weighted by molar-refractivity contribution is 5.96. The number of carbonyl (C=O) groups is 3. The SMILES string of the molecule is CCOC(=O)C1=C(C)N(Cc2ccc(C(=O)N3CC(C)OC(C)C3)cc2)C(=O)CC1c1ccccc1. The first-order chi connectivity index (χ1) is 17.3. The van der Waals surface area contributed by atoms with Crippen molar-refractivity contribution in [3.63, 3.8) is 0 Å². The van der Waals surface area contributed by atoms with E-state index in [9.17, 15) is 14.4 Å². The minimum Gasteiger partial charge on any atom is -0.463 e. The summed E-state index contributed by atoms with van der Waals surface area (Å²) in [4.78, 5) is 42.6. The van der Waals surface area contributed by atoms with Crippen LogP contribution in [0.1, 0.15) is 61.5 Å². The minimum atomic E-state index is -0.392. The molecule has 7 nitrogen and oxygen atoms in total. The van der Waals surface area contributed by atoms with Crippen molar-refractivity contribution in [3.05, 3.63) is 82.6 Å². The van der Waals surface area contributed by atoms with Crippen LogP contribution in [0.4, 0.5) is 0 Å². The van der Waals surface area contributed by atoms with E-state index in [1.54, 1.807) is 30.9 Å². The smallest absolute Gasteiger partial charge is 0.336 e. The van der Waals surface area contributed by atoms with E-state index in [2.05, 4.69) is 0 Å². The predicted molar refractivity (Wildman–Crippen MR) is 136 cm³/mol. The van der Waals surface area contributed by atoms with Crippen LogP contribution in [0.25, 0.3) is 0 Å². The molecule has 1 fully saturated rings. The van der Waals surface area contributed by atoms with Gasteiger partial charge in [-0.15, -0.1) is 0 Å². The number of hydrogen-bond donors (Lipinski definition) is 0. The zero-order valence-corrected chi connectivity index (χ0v) is 21.4. The molecule has 190 valence electrons. The Balaban J connectivity index is 1.55. The van der Waals surface area contributed by atoms with E-state index >= 15 is 0 Å². The number of hydrogen-bond acceptors (Lipinski definition) is 5. The predicted octanol–water partition coefficient (Wildman–Crippen LogP) is 4.29. The summed E-state index contributed by atoms with van der Waals surface area (Å²) in [6.45, 7) is 9.23. The maximum Gasteiger partial charge on any atom is 0.336 e. The van der Waals surface area contributed by atoms with E-state index in [1.165, 1.54) is 0 Å². The fourth-order valence-electron chi connectivity index (χ4n) is 5.11. The third-order valence-electron chi connectivity index (χ3n) is 6.77. The van der Waals surface area contributed by atoms with Gasteiger partial charge in [-0.05, 0) is 51.0 Å². The highest BCUT2D eigenvalue weighted by atomic mass is 16.5. The Morgan fingerprint density at radius 2 is 1.64 bits per heavy atom. The Morgan fingerprint density at radius 3 is 2.25 bits per heavy atom. The molecule has 2 heterocycles. The number of allylic oxidation sites excluding steroid dienone is 1. The summed E-state index contributed by atoms with van der Waals surface area (Å²) < 4.78 is 11.1. The standard InChI is InChI=1S/C29H34N2O5/c1-5-35-29(34)27-21(4)31(26(32)15-25(27)23-9-7-6-8-10-23)18-22-11-13-24(14-12-22)28(33)30-16-19(2)36-20(3)17-30/h6-14,19-20,25H,5,15-18H2,1-4H3. The van der Waals surface area contributed by atoms with Gasteiger partial charge in [-0.2, -0.15) is 0 Å². The van der Waals surface area contributed by atoms with Gasteiger partial charge in [-0.25, -0.2) is 4.79 Å². The van der Waals surface area contributed by atoms with Crippen molar-refractivity contribution in [1.82, 2.24) is 9.80 Å². The van der Waals surface area contributed by atoms with Crippen LogP contribution in [0.2, 0.25) is 0 Å². The lowest BCUT2D eigenvalue weighted by Crippen LogP contribution is -2.48. The first kappa shape index (κ1) is 25.6. The third-order valence-corrected chi connectivity index (χ3v) is 6.77. The van der Waals surface area contributed by atoms with Gasteiger partial charge in [0, 0.05) is 36.7 Å². The van der Waals surface area contributed by atoms with Gasteiger partial charge in [-0.1, -0.05) is 42.5 Å². The van der Waals surface area contributed by atoms with Gasteiger partial charge in [-0.3, -0.25) is 9.59 Å². The van der Waals surface area contributed by atoms with Crippen molar-refractivity contribution in [2.75, 3.05) is 19.7 Å². The largest absolute Gasteiger partial charge is 0.463 e. The molecule has 2 aromatic rings. The van der Waals surface area contributed by atoms with Crippen LogP contribution < -0.4 is 0 Å². The molecular weight excluding hydrogens is 456 g/mol. The van der Waals surface area contributed by atoms with Crippen molar-refractivity contribution < 1.29 is 23.9 Å². The molecule has 0 aliphatic carbocycles. The zero-order valence-electron chi connectivity index (χ0n) is 21.4. The summed E-state index contributed by atoms with van der Waals surface area (Å²) in [5.74, 6) is -0.807. The molecule has 2 aromatic carbocycles. The third kappa shape index (κ3) is 5.51. The molecule has 0 radical (unpaired) electrons. The molecule has 2 amide bonds. The molecule has 1 saturated heterocycles. The van der Waals surface area contributed by atoms with Crippen LogP contribution in [0.3, 0.4) is 0 Å². The lowest BCUT2D eigenvalue weighted by molar-refractivity contribution is -0.140. The quantitative estimate of drug-likeness (QED) is 0.565. The molecule has 0 aromatic heterocycles. The summed E-state index contributed by atoms with van der Waals surface area (Å²) in [7, 11) is 0. The molecule has 3 atom stereocenters. The van der Waals surface area contributed by atoms with E-state index in [0.717, 1.165) is 11.1 Å². The molecule has 0 N–H and O–H groups in total. The van der Waals surface area contributed by atoms with Crippen molar-refractivity contribution >= 4 is 17.8 Å². The number of nitrogens with zero attached hydrogens (tertiary/aromatic N) is 2. The molecule has 0 bridgehead atoms. The van der Waals surface area contributed by atoms with Gasteiger partial charge >= 0.3 is 5.97 Å². The number of ether oxygens (including phenoxy) is 2. The molecule has 0 saturated carbocycles. The summed E-state index contributed by atoms with van der Waals surface area (Å²) in [5.41, 5.74) is 3.53. The molecule has 36 heavy (non-hydrogen) atoms. The summed E-state index contributed by atoms with van der Waals surface area (Å²) in [5, 5.41) is 0.